The molecule has 0 fully saturated rings. The van der Waals surface area contributed by atoms with E-state index in [2.05, 4.69) is 17.0 Å². The summed E-state index contributed by atoms with van der Waals surface area (Å²) in [7, 11) is 4.03. The van der Waals surface area contributed by atoms with Crippen molar-refractivity contribution in [1.82, 2.24) is 0 Å². The minimum atomic E-state index is -0.261. The van der Waals surface area contributed by atoms with Gasteiger partial charge in [-0.25, -0.2) is 8.78 Å². The van der Waals surface area contributed by atoms with Crippen LogP contribution in [0.25, 0.3) is 11.6 Å². The molecular formula is C23H21F2N. The van der Waals surface area contributed by atoms with E-state index in [-0.39, 0.29) is 11.6 Å². The van der Waals surface area contributed by atoms with Crippen LogP contribution >= 0.6 is 0 Å². The number of benzene rings is 3. The number of halogens is 2. The van der Waals surface area contributed by atoms with Crippen LogP contribution in [0.4, 0.5) is 14.5 Å². The SMILES string of the molecule is CN(C)c1ccccc1C/C(=C/c1ccc(F)cc1)c1ccc(F)cc1. The van der Waals surface area contributed by atoms with E-state index < -0.39 is 0 Å². The average molecular weight is 349 g/mol. The second-order valence-electron chi connectivity index (χ2n) is 6.43. The zero-order valence-electron chi connectivity index (χ0n) is 14.9. The van der Waals surface area contributed by atoms with Crippen molar-refractivity contribution in [3.63, 3.8) is 0 Å². The van der Waals surface area contributed by atoms with Gasteiger partial charge in [-0.15, -0.1) is 0 Å². The Morgan fingerprint density at radius 3 is 2.00 bits per heavy atom. The Balaban J connectivity index is 2.03. The van der Waals surface area contributed by atoms with E-state index in [9.17, 15) is 8.78 Å². The lowest BCUT2D eigenvalue weighted by Gasteiger charge is -2.18. The molecule has 0 heterocycles. The predicted octanol–water partition coefficient (Wildman–Crippen LogP) is 5.81. The molecule has 0 atom stereocenters. The van der Waals surface area contributed by atoms with Crippen molar-refractivity contribution in [2.24, 2.45) is 0 Å². The van der Waals surface area contributed by atoms with Gasteiger partial charge in [0.25, 0.3) is 0 Å². The van der Waals surface area contributed by atoms with Gasteiger partial charge >= 0.3 is 0 Å². The standard InChI is InChI=1S/C23H21F2N/c1-26(2)23-6-4-3-5-19(23)16-20(18-9-13-22(25)14-10-18)15-17-7-11-21(24)12-8-17/h3-15H,16H2,1-2H3/b20-15-. The molecule has 0 N–H and O–H groups in total. The maximum atomic E-state index is 13.4. The van der Waals surface area contributed by atoms with Gasteiger partial charge in [0.2, 0.25) is 0 Å². The molecule has 0 saturated heterocycles. The van der Waals surface area contributed by atoms with Crippen LogP contribution in [0.15, 0.2) is 72.8 Å². The average Bonchev–Trinajstić information content (AvgIpc) is 2.64. The molecule has 1 nitrogen and oxygen atoms in total. The third-order valence-electron chi connectivity index (χ3n) is 4.28. The minimum absolute atomic E-state index is 0.261. The molecule has 0 saturated carbocycles. The molecule has 0 spiro atoms. The lowest BCUT2D eigenvalue weighted by Crippen LogP contribution is -2.11. The second kappa shape index (κ2) is 7.96. The number of nitrogens with zero attached hydrogens (tertiary/aromatic N) is 1. The van der Waals surface area contributed by atoms with Crippen LogP contribution in [0, 0.1) is 11.6 Å². The smallest absolute Gasteiger partial charge is 0.123 e. The van der Waals surface area contributed by atoms with Crippen LogP contribution in [0.5, 0.6) is 0 Å². The van der Waals surface area contributed by atoms with Crippen LogP contribution in [0.1, 0.15) is 16.7 Å². The van der Waals surface area contributed by atoms with Gasteiger partial charge < -0.3 is 4.90 Å². The van der Waals surface area contributed by atoms with Gasteiger partial charge in [0.15, 0.2) is 0 Å². The molecule has 0 bridgehead atoms. The summed E-state index contributed by atoms with van der Waals surface area (Å²) in [6, 6.07) is 21.1. The summed E-state index contributed by atoms with van der Waals surface area (Å²) in [5.74, 6) is -0.521. The summed E-state index contributed by atoms with van der Waals surface area (Å²) in [4.78, 5) is 2.08. The molecule has 0 aliphatic rings. The maximum absolute atomic E-state index is 13.4. The molecule has 132 valence electrons. The number of anilines is 1. The molecule has 3 aromatic carbocycles. The van der Waals surface area contributed by atoms with Gasteiger partial charge in [0.1, 0.15) is 11.6 Å². The summed E-state index contributed by atoms with van der Waals surface area (Å²) < 4.78 is 26.6. The van der Waals surface area contributed by atoms with E-state index in [1.54, 1.807) is 24.3 Å². The first-order valence-electron chi connectivity index (χ1n) is 8.50. The van der Waals surface area contributed by atoms with Crippen molar-refractivity contribution in [2.45, 2.75) is 6.42 Å². The Hall–Kier alpha value is -2.94. The fourth-order valence-corrected chi connectivity index (χ4v) is 2.96. The molecule has 0 unspecified atom stereocenters. The van der Waals surface area contributed by atoms with E-state index in [4.69, 9.17) is 0 Å². The zero-order chi connectivity index (χ0) is 18.5. The number of hydrogen-bond acceptors (Lipinski definition) is 1. The molecule has 0 aliphatic heterocycles. The number of para-hydroxylation sites is 1. The van der Waals surface area contributed by atoms with Gasteiger partial charge in [-0.05, 0) is 52.6 Å². The Kier molecular flexibility index (Phi) is 5.47. The molecule has 3 heteroatoms. The Morgan fingerprint density at radius 1 is 0.808 bits per heavy atom. The first kappa shape index (κ1) is 17.9. The van der Waals surface area contributed by atoms with E-state index in [0.717, 1.165) is 22.4 Å². The van der Waals surface area contributed by atoms with Crippen molar-refractivity contribution < 1.29 is 8.78 Å². The van der Waals surface area contributed by atoms with E-state index >= 15 is 0 Å². The molecule has 3 aromatic rings. The second-order valence-corrected chi connectivity index (χ2v) is 6.43. The molecule has 0 aromatic heterocycles. The van der Waals surface area contributed by atoms with Crippen molar-refractivity contribution in [1.29, 1.82) is 0 Å². The van der Waals surface area contributed by atoms with Crippen LogP contribution in [-0.4, -0.2) is 14.1 Å². The van der Waals surface area contributed by atoms with Crippen molar-refractivity contribution >= 4 is 17.3 Å². The summed E-state index contributed by atoms with van der Waals surface area (Å²) in [6.45, 7) is 0. The summed E-state index contributed by atoms with van der Waals surface area (Å²) in [5, 5.41) is 0. The van der Waals surface area contributed by atoms with Crippen LogP contribution in [0.3, 0.4) is 0 Å². The predicted molar refractivity (Wildman–Crippen MR) is 105 cm³/mol. The van der Waals surface area contributed by atoms with Crippen molar-refractivity contribution in [3.05, 3.63) is 101 Å². The number of rotatable bonds is 5. The Morgan fingerprint density at radius 2 is 1.38 bits per heavy atom. The highest BCUT2D eigenvalue weighted by Gasteiger charge is 2.09. The summed E-state index contributed by atoms with van der Waals surface area (Å²) >= 11 is 0. The molecular weight excluding hydrogens is 328 g/mol. The highest BCUT2D eigenvalue weighted by atomic mass is 19.1. The number of allylic oxidation sites excluding steroid dienone is 1. The topological polar surface area (TPSA) is 3.24 Å². The quantitative estimate of drug-likeness (QED) is 0.525. The highest BCUT2D eigenvalue weighted by molar-refractivity contribution is 5.83. The van der Waals surface area contributed by atoms with Crippen molar-refractivity contribution in [2.75, 3.05) is 19.0 Å². The minimum Gasteiger partial charge on any atom is -0.377 e. The molecule has 0 aliphatic carbocycles. The first-order chi connectivity index (χ1) is 12.5. The van der Waals surface area contributed by atoms with Gasteiger partial charge in [0.05, 0.1) is 0 Å². The first-order valence-corrected chi connectivity index (χ1v) is 8.50. The Labute approximate surface area is 153 Å². The maximum Gasteiger partial charge on any atom is 0.123 e. The molecule has 0 radical (unpaired) electrons. The van der Waals surface area contributed by atoms with Crippen LogP contribution < -0.4 is 4.90 Å². The van der Waals surface area contributed by atoms with Gasteiger partial charge in [-0.3, -0.25) is 0 Å². The molecule has 26 heavy (non-hydrogen) atoms. The zero-order valence-corrected chi connectivity index (χ0v) is 14.9. The van der Waals surface area contributed by atoms with E-state index in [1.807, 2.05) is 32.3 Å². The normalized spacial score (nSPS) is 11.5. The summed E-state index contributed by atoms with van der Waals surface area (Å²) in [6.07, 6.45) is 2.72. The third kappa shape index (κ3) is 4.37. The largest absolute Gasteiger partial charge is 0.377 e. The van der Waals surface area contributed by atoms with E-state index in [1.165, 1.54) is 29.8 Å². The lowest BCUT2D eigenvalue weighted by molar-refractivity contribution is 0.627. The fraction of sp³-hybridized carbons (Fsp3) is 0.130. The van der Waals surface area contributed by atoms with Gasteiger partial charge in [0, 0.05) is 26.2 Å². The van der Waals surface area contributed by atoms with Gasteiger partial charge in [-0.1, -0.05) is 48.5 Å². The van der Waals surface area contributed by atoms with Crippen LogP contribution in [0.2, 0.25) is 0 Å². The highest BCUT2D eigenvalue weighted by Crippen LogP contribution is 2.28. The summed E-state index contributed by atoms with van der Waals surface area (Å²) in [5.41, 5.74) is 5.22. The molecule has 3 rings (SSSR count). The third-order valence-corrected chi connectivity index (χ3v) is 4.28. The van der Waals surface area contributed by atoms with Gasteiger partial charge in [-0.2, -0.15) is 0 Å². The monoisotopic (exact) mass is 349 g/mol. The van der Waals surface area contributed by atoms with Crippen LogP contribution in [-0.2, 0) is 6.42 Å². The van der Waals surface area contributed by atoms with E-state index in [0.29, 0.717) is 6.42 Å². The fourth-order valence-electron chi connectivity index (χ4n) is 2.96. The molecule has 0 amide bonds. The lowest BCUT2D eigenvalue weighted by atomic mass is 9.95. The van der Waals surface area contributed by atoms with Crippen molar-refractivity contribution in [3.8, 4) is 0 Å². The Bertz CT molecular complexity index is 894. The number of hydrogen-bond donors (Lipinski definition) is 0.